The van der Waals surface area contributed by atoms with Crippen molar-refractivity contribution in [2.75, 3.05) is 7.11 Å². The molecule has 1 aromatic rings. The van der Waals surface area contributed by atoms with Gasteiger partial charge in [0.05, 0.1) is 7.11 Å². The molecule has 0 aliphatic rings. The molecule has 0 saturated carbocycles. The highest BCUT2D eigenvalue weighted by Crippen LogP contribution is 2.35. The predicted octanol–water partition coefficient (Wildman–Crippen LogP) is 1.99. The lowest BCUT2D eigenvalue weighted by Gasteiger charge is -1.99. The summed E-state index contributed by atoms with van der Waals surface area (Å²) in [7, 11) is 2.92. The van der Waals surface area contributed by atoms with Crippen LogP contribution < -0.4 is 4.74 Å². The Labute approximate surface area is 79.3 Å². The number of thiophene rings is 1. The van der Waals surface area contributed by atoms with Gasteiger partial charge in [-0.25, -0.2) is 8.42 Å². The lowest BCUT2D eigenvalue weighted by Crippen LogP contribution is -1.91. The SMILES string of the molecule is COc1c(C)csc1S(=O)(=O)Cl. The van der Waals surface area contributed by atoms with E-state index in [0.29, 0.717) is 5.75 Å². The number of aryl methyl sites for hydroxylation is 1. The summed E-state index contributed by atoms with van der Waals surface area (Å²) in [5.41, 5.74) is 0.779. The zero-order valence-corrected chi connectivity index (χ0v) is 8.89. The van der Waals surface area contributed by atoms with Gasteiger partial charge in [0, 0.05) is 16.2 Å². The van der Waals surface area contributed by atoms with Gasteiger partial charge in [-0.2, -0.15) is 0 Å². The molecule has 0 aliphatic heterocycles. The fraction of sp³-hybridized carbons (Fsp3) is 0.333. The lowest BCUT2D eigenvalue weighted by molar-refractivity contribution is 0.404. The van der Waals surface area contributed by atoms with Gasteiger partial charge < -0.3 is 4.74 Å². The topological polar surface area (TPSA) is 43.4 Å². The summed E-state index contributed by atoms with van der Waals surface area (Å²) in [5, 5.41) is 1.69. The maximum absolute atomic E-state index is 10.9. The van der Waals surface area contributed by atoms with Gasteiger partial charge in [0.15, 0.2) is 9.96 Å². The summed E-state index contributed by atoms with van der Waals surface area (Å²) in [4.78, 5) is 0. The maximum Gasteiger partial charge on any atom is 0.274 e. The highest BCUT2D eigenvalue weighted by Gasteiger charge is 2.20. The summed E-state index contributed by atoms with van der Waals surface area (Å²) in [6.45, 7) is 1.76. The van der Waals surface area contributed by atoms with Crippen molar-refractivity contribution in [1.29, 1.82) is 0 Å². The minimum atomic E-state index is -3.66. The van der Waals surface area contributed by atoms with Crippen LogP contribution in [0.4, 0.5) is 0 Å². The molecular weight excluding hydrogens is 220 g/mol. The number of halogens is 1. The van der Waals surface area contributed by atoms with Crippen LogP contribution >= 0.6 is 22.0 Å². The van der Waals surface area contributed by atoms with Crippen LogP contribution in [-0.2, 0) is 9.05 Å². The van der Waals surface area contributed by atoms with E-state index in [2.05, 4.69) is 0 Å². The average Bonchev–Trinajstić information content (AvgIpc) is 2.29. The summed E-state index contributed by atoms with van der Waals surface area (Å²) in [5.74, 6) is 0.343. The van der Waals surface area contributed by atoms with Crippen molar-refractivity contribution in [3.63, 3.8) is 0 Å². The first-order chi connectivity index (χ1) is 5.46. The van der Waals surface area contributed by atoms with Crippen molar-refractivity contribution in [1.82, 2.24) is 0 Å². The smallest absolute Gasteiger partial charge is 0.274 e. The van der Waals surface area contributed by atoms with Crippen LogP contribution in [0.1, 0.15) is 5.56 Å². The Balaban J connectivity index is 3.36. The molecule has 0 aromatic carbocycles. The maximum atomic E-state index is 10.9. The number of hydrogen-bond acceptors (Lipinski definition) is 4. The minimum Gasteiger partial charge on any atom is -0.494 e. The van der Waals surface area contributed by atoms with Crippen LogP contribution in [0.25, 0.3) is 0 Å². The number of hydrogen-bond donors (Lipinski definition) is 0. The molecule has 0 amide bonds. The molecule has 0 bridgehead atoms. The molecule has 6 heteroatoms. The second-order valence-corrected chi connectivity index (χ2v) is 5.82. The molecule has 12 heavy (non-hydrogen) atoms. The van der Waals surface area contributed by atoms with Crippen LogP contribution in [0.2, 0.25) is 0 Å². The molecule has 0 N–H and O–H groups in total. The summed E-state index contributed by atoms with van der Waals surface area (Å²) in [6, 6.07) is 0. The average molecular weight is 227 g/mol. The summed E-state index contributed by atoms with van der Waals surface area (Å²) >= 11 is 1.06. The lowest BCUT2D eigenvalue weighted by atomic mass is 10.4. The van der Waals surface area contributed by atoms with Crippen LogP contribution in [-0.4, -0.2) is 15.5 Å². The highest BCUT2D eigenvalue weighted by atomic mass is 35.7. The molecule has 1 heterocycles. The van der Waals surface area contributed by atoms with Crippen LogP contribution in [0.15, 0.2) is 9.59 Å². The van der Waals surface area contributed by atoms with E-state index in [1.165, 1.54) is 7.11 Å². The molecule has 1 rings (SSSR count). The second kappa shape index (κ2) is 3.24. The van der Waals surface area contributed by atoms with Crippen molar-refractivity contribution in [2.45, 2.75) is 11.1 Å². The molecule has 0 fully saturated rings. The van der Waals surface area contributed by atoms with Crippen molar-refractivity contribution >= 4 is 31.1 Å². The summed E-state index contributed by atoms with van der Waals surface area (Å²) < 4.78 is 26.8. The molecular formula is C6H7ClO3S2. The van der Waals surface area contributed by atoms with Gasteiger partial charge in [0.25, 0.3) is 9.05 Å². The third-order valence-corrected chi connectivity index (χ3v) is 4.50. The van der Waals surface area contributed by atoms with E-state index < -0.39 is 9.05 Å². The zero-order valence-electron chi connectivity index (χ0n) is 6.50. The van der Waals surface area contributed by atoms with Crippen molar-refractivity contribution in [3.8, 4) is 5.75 Å². The van der Waals surface area contributed by atoms with E-state index >= 15 is 0 Å². The molecule has 0 spiro atoms. The minimum absolute atomic E-state index is 0.0733. The van der Waals surface area contributed by atoms with Crippen LogP contribution in [0.5, 0.6) is 5.75 Å². The van der Waals surface area contributed by atoms with Crippen molar-refractivity contribution in [2.24, 2.45) is 0 Å². The van der Waals surface area contributed by atoms with Gasteiger partial charge in [0.1, 0.15) is 0 Å². The van der Waals surface area contributed by atoms with Crippen molar-refractivity contribution in [3.05, 3.63) is 10.9 Å². The second-order valence-electron chi connectivity index (χ2n) is 2.18. The highest BCUT2D eigenvalue weighted by molar-refractivity contribution is 8.15. The van der Waals surface area contributed by atoms with E-state index in [9.17, 15) is 8.42 Å². The van der Waals surface area contributed by atoms with Gasteiger partial charge >= 0.3 is 0 Å². The van der Waals surface area contributed by atoms with E-state index in [1.807, 2.05) is 0 Å². The first kappa shape index (κ1) is 9.83. The van der Waals surface area contributed by atoms with E-state index in [1.54, 1.807) is 12.3 Å². The monoisotopic (exact) mass is 226 g/mol. The normalized spacial score (nSPS) is 11.6. The Morgan fingerprint density at radius 1 is 1.58 bits per heavy atom. The van der Waals surface area contributed by atoms with Crippen LogP contribution in [0, 0.1) is 6.92 Å². The number of methoxy groups -OCH3 is 1. The van der Waals surface area contributed by atoms with Gasteiger partial charge in [-0.1, -0.05) is 0 Å². The Morgan fingerprint density at radius 3 is 2.50 bits per heavy atom. The van der Waals surface area contributed by atoms with E-state index in [4.69, 9.17) is 15.4 Å². The number of rotatable bonds is 2. The summed E-state index contributed by atoms with van der Waals surface area (Å²) in [6.07, 6.45) is 0. The Morgan fingerprint density at radius 2 is 2.17 bits per heavy atom. The third-order valence-electron chi connectivity index (χ3n) is 1.31. The van der Waals surface area contributed by atoms with Gasteiger partial charge in [-0.15, -0.1) is 11.3 Å². The molecule has 0 atom stereocenters. The Bertz CT molecular complexity index is 379. The predicted molar refractivity (Wildman–Crippen MR) is 48.6 cm³/mol. The van der Waals surface area contributed by atoms with Gasteiger partial charge in [0.2, 0.25) is 0 Å². The fourth-order valence-corrected chi connectivity index (χ4v) is 3.17. The zero-order chi connectivity index (χ0) is 9.35. The molecule has 0 radical (unpaired) electrons. The van der Waals surface area contributed by atoms with Crippen molar-refractivity contribution < 1.29 is 13.2 Å². The van der Waals surface area contributed by atoms with Crippen LogP contribution in [0.3, 0.4) is 0 Å². The quantitative estimate of drug-likeness (QED) is 0.725. The Hall–Kier alpha value is -0.260. The molecule has 0 aliphatic carbocycles. The number of ether oxygens (including phenoxy) is 1. The Kier molecular flexibility index (Phi) is 2.65. The largest absolute Gasteiger partial charge is 0.494 e. The third kappa shape index (κ3) is 1.73. The van der Waals surface area contributed by atoms with E-state index in [0.717, 1.165) is 16.9 Å². The van der Waals surface area contributed by atoms with E-state index in [-0.39, 0.29) is 4.21 Å². The van der Waals surface area contributed by atoms with Gasteiger partial charge in [-0.05, 0) is 12.3 Å². The first-order valence-corrected chi connectivity index (χ1v) is 6.22. The van der Waals surface area contributed by atoms with Gasteiger partial charge in [-0.3, -0.25) is 0 Å². The fourth-order valence-electron chi connectivity index (χ4n) is 0.822. The molecule has 1 aromatic heterocycles. The molecule has 3 nitrogen and oxygen atoms in total. The molecule has 68 valence electrons. The molecule has 0 saturated heterocycles. The molecule has 0 unspecified atom stereocenters. The standard InChI is InChI=1S/C6H7ClO3S2/c1-4-3-11-6(5(4)10-2)12(7,8)9/h3H,1-2H3. The first-order valence-electron chi connectivity index (χ1n) is 3.03.